The van der Waals surface area contributed by atoms with Crippen LogP contribution in [0.2, 0.25) is 0 Å². The lowest BCUT2D eigenvalue weighted by Crippen LogP contribution is -2.03. The number of hydrogen-bond donors (Lipinski definition) is 0. The Morgan fingerprint density at radius 3 is 2.50 bits per heavy atom. The van der Waals surface area contributed by atoms with Crippen LogP contribution in [0.25, 0.3) is 0 Å². The molecule has 0 fully saturated rings. The Labute approximate surface area is 146 Å². The van der Waals surface area contributed by atoms with Crippen LogP contribution in [0.4, 0.5) is 0 Å². The second kappa shape index (κ2) is 8.41. The highest BCUT2D eigenvalue weighted by Crippen LogP contribution is 2.29. The molecule has 0 aliphatic rings. The summed E-state index contributed by atoms with van der Waals surface area (Å²) in [6.45, 7) is 0. The average molecular weight is 334 g/mol. The molecular weight excluding hydrogens is 316 g/mol. The summed E-state index contributed by atoms with van der Waals surface area (Å²) >= 11 is 1.82. The number of hydrogen-bond acceptors (Lipinski definition) is 4. The molecule has 1 unspecified atom stereocenters. The summed E-state index contributed by atoms with van der Waals surface area (Å²) in [4.78, 5) is 16.8. The highest BCUT2D eigenvalue weighted by Gasteiger charge is 2.17. The molecule has 0 N–H and O–H groups in total. The van der Waals surface area contributed by atoms with Crippen molar-refractivity contribution in [3.8, 4) is 0 Å². The maximum Gasteiger partial charge on any atom is 0.144 e. The Morgan fingerprint density at radius 1 is 0.958 bits per heavy atom. The summed E-state index contributed by atoms with van der Waals surface area (Å²) in [5.41, 5.74) is 2.96. The van der Waals surface area contributed by atoms with Gasteiger partial charge in [-0.2, -0.15) is 0 Å². The van der Waals surface area contributed by atoms with E-state index in [0.29, 0.717) is 0 Å². The zero-order valence-corrected chi connectivity index (χ0v) is 14.0. The minimum atomic E-state index is -0.503. The van der Waals surface area contributed by atoms with Gasteiger partial charge in [0.2, 0.25) is 0 Å². The van der Waals surface area contributed by atoms with Gasteiger partial charge in [-0.1, -0.05) is 53.7 Å². The number of benzene rings is 2. The van der Waals surface area contributed by atoms with Gasteiger partial charge in [0.05, 0.1) is 0 Å². The number of rotatable bonds is 7. The van der Waals surface area contributed by atoms with Crippen LogP contribution in [-0.4, -0.2) is 10.7 Å². The van der Waals surface area contributed by atoms with E-state index in [0.717, 1.165) is 28.9 Å². The fourth-order valence-electron chi connectivity index (χ4n) is 2.66. The van der Waals surface area contributed by atoms with Gasteiger partial charge in [0.1, 0.15) is 6.04 Å². The van der Waals surface area contributed by atoms with Crippen LogP contribution in [0.1, 0.15) is 22.7 Å². The van der Waals surface area contributed by atoms with Crippen molar-refractivity contribution in [1.82, 2.24) is 4.98 Å². The first kappa shape index (κ1) is 16.4. The molecule has 3 nitrogen and oxygen atoms in total. The molecule has 0 aliphatic carbocycles. The number of pyridine rings is 1. The summed E-state index contributed by atoms with van der Waals surface area (Å²) in [7, 11) is 0. The first-order chi connectivity index (χ1) is 11.9. The van der Waals surface area contributed by atoms with Crippen molar-refractivity contribution in [2.75, 3.05) is 5.75 Å². The third kappa shape index (κ3) is 4.09. The van der Waals surface area contributed by atoms with Crippen molar-refractivity contribution in [2.24, 2.45) is 5.18 Å². The Morgan fingerprint density at radius 2 is 1.75 bits per heavy atom. The smallest absolute Gasteiger partial charge is 0.144 e. The van der Waals surface area contributed by atoms with E-state index in [2.05, 4.69) is 28.4 Å². The molecule has 1 atom stereocenters. The molecule has 1 aromatic heterocycles. The van der Waals surface area contributed by atoms with E-state index in [1.807, 2.05) is 60.3 Å². The minimum absolute atomic E-state index is 0.503. The maximum atomic E-state index is 11.5. The van der Waals surface area contributed by atoms with Gasteiger partial charge in [0, 0.05) is 28.6 Å². The summed E-state index contributed by atoms with van der Waals surface area (Å²) in [6.07, 6.45) is 4.30. The highest BCUT2D eigenvalue weighted by molar-refractivity contribution is 7.99. The zero-order valence-electron chi connectivity index (χ0n) is 13.2. The fourth-order valence-corrected chi connectivity index (χ4v) is 3.57. The van der Waals surface area contributed by atoms with Gasteiger partial charge < -0.3 is 0 Å². The molecule has 0 saturated carbocycles. The van der Waals surface area contributed by atoms with Crippen LogP contribution in [0.5, 0.6) is 0 Å². The Balaban J connectivity index is 1.76. The molecule has 0 bridgehead atoms. The minimum Gasteiger partial charge on any atom is -0.264 e. The summed E-state index contributed by atoms with van der Waals surface area (Å²) in [5, 5.41) is 3.36. The third-order valence-corrected chi connectivity index (χ3v) is 4.85. The van der Waals surface area contributed by atoms with Gasteiger partial charge in [0.15, 0.2) is 0 Å². The standard InChI is InChI=1S/C20H18N2OS/c23-22-20(17-8-6-13-21-15-17)19-11-5-4-7-16(19)12-14-24-18-9-2-1-3-10-18/h1-11,13,15,20H,12,14H2. The van der Waals surface area contributed by atoms with Crippen LogP contribution in [0.3, 0.4) is 0 Å². The van der Waals surface area contributed by atoms with Crippen LogP contribution < -0.4 is 0 Å². The molecule has 3 rings (SSSR count). The lowest BCUT2D eigenvalue weighted by molar-refractivity contribution is 0.837. The van der Waals surface area contributed by atoms with Gasteiger partial charge in [-0.3, -0.25) is 4.98 Å². The van der Waals surface area contributed by atoms with Gasteiger partial charge in [-0.25, -0.2) is 0 Å². The van der Waals surface area contributed by atoms with E-state index < -0.39 is 6.04 Å². The van der Waals surface area contributed by atoms with E-state index in [9.17, 15) is 4.91 Å². The normalized spacial score (nSPS) is 11.8. The maximum absolute atomic E-state index is 11.5. The van der Waals surface area contributed by atoms with Gasteiger partial charge >= 0.3 is 0 Å². The molecule has 3 aromatic rings. The molecule has 120 valence electrons. The van der Waals surface area contributed by atoms with Crippen molar-refractivity contribution in [2.45, 2.75) is 17.4 Å². The van der Waals surface area contributed by atoms with Gasteiger partial charge in [0.25, 0.3) is 0 Å². The molecule has 24 heavy (non-hydrogen) atoms. The second-order valence-electron chi connectivity index (χ2n) is 5.40. The van der Waals surface area contributed by atoms with Crippen molar-refractivity contribution in [3.63, 3.8) is 0 Å². The Kier molecular flexibility index (Phi) is 5.75. The SMILES string of the molecule is O=NC(c1cccnc1)c1ccccc1CCSc1ccccc1. The summed E-state index contributed by atoms with van der Waals surface area (Å²) in [6, 6.07) is 21.6. The van der Waals surface area contributed by atoms with Crippen molar-refractivity contribution in [1.29, 1.82) is 0 Å². The van der Waals surface area contributed by atoms with Crippen molar-refractivity contribution < 1.29 is 0 Å². The molecular formula is C20H18N2OS. The van der Waals surface area contributed by atoms with Gasteiger partial charge in [-0.05, 0) is 35.7 Å². The molecule has 2 aromatic carbocycles. The number of aromatic nitrogens is 1. The Bertz CT molecular complexity index is 778. The second-order valence-corrected chi connectivity index (χ2v) is 6.57. The third-order valence-electron chi connectivity index (χ3n) is 3.84. The monoisotopic (exact) mass is 334 g/mol. The average Bonchev–Trinajstić information content (AvgIpc) is 2.65. The summed E-state index contributed by atoms with van der Waals surface area (Å²) in [5.74, 6) is 0.958. The number of thioether (sulfide) groups is 1. The molecule has 1 heterocycles. The highest BCUT2D eigenvalue weighted by atomic mass is 32.2. The van der Waals surface area contributed by atoms with E-state index in [1.54, 1.807) is 12.4 Å². The molecule has 0 radical (unpaired) electrons. The lowest BCUT2D eigenvalue weighted by atomic mass is 9.95. The van der Waals surface area contributed by atoms with Crippen LogP contribution in [0.15, 0.2) is 89.2 Å². The lowest BCUT2D eigenvalue weighted by Gasteiger charge is -2.14. The summed E-state index contributed by atoms with van der Waals surface area (Å²) < 4.78 is 0. The number of aryl methyl sites for hydroxylation is 1. The molecule has 0 aliphatic heterocycles. The first-order valence-electron chi connectivity index (χ1n) is 7.86. The molecule has 4 heteroatoms. The zero-order chi connectivity index (χ0) is 16.6. The van der Waals surface area contributed by atoms with E-state index in [1.165, 1.54) is 4.90 Å². The van der Waals surface area contributed by atoms with E-state index in [4.69, 9.17) is 0 Å². The molecule has 0 saturated heterocycles. The Hall–Kier alpha value is -2.46. The van der Waals surface area contributed by atoms with Crippen molar-refractivity contribution in [3.05, 3.63) is 101 Å². The first-order valence-corrected chi connectivity index (χ1v) is 8.85. The predicted octanol–water partition coefficient (Wildman–Crippen LogP) is 5.27. The van der Waals surface area contributed by atoms with E-state index in [-0.39, 0.29) is 0 Å². The largest absolute Gasteiger partial charge is 0.264 e. The fraction of sp³-hybridized carbons (Fsp3) is 0.150. The number of nitrogens with zero attached hydrogens (tertiary/aromatic N) is 2. The quantitative estimate of drug-likeness (QED) is 0.436. The van der Waals surface area contributed by atoms with Crippen molar-refractivity contribution >= 4 is 11.8 Å². The predicted molar refractivity (Wildman–Crippen MR) is 99.2 cm³/mol. The topological polar surface area (TPSA) is 42.3 Å². The number of nitroso groups, excluding NO2 is 1. The molecule has 0 amide bonds. The van der Waals surface area contributed by atoms with E-state index >= 15 is 0 Å². The van der Waals surface area contributed by atoms with Crippen LogP contribution in [-0.2, 0) is 6.42 Å². The van der Waals surface area contributed by atoms with Crippen LogP contribution >= 0.6 is 11.8 Å². The van der Waals surface area contributed by atoms with Crippen LogP contribution in [0, 0.1) is 4.91 Å². The molecule has 0 spiro atoms. The van der Waals surface area contributed by atoms with Gasteiger partial charge in [-0.15, -0.1) is 16.7 Å².